The summed E-state index contributed by atoms with van der Waals surface area (Å²) in [6.45, 7) is 27.8. The van der Waals surface area contributed by atoms with Crippen LogP contribution in [0.15, 0.2) is 22.8 Å². The second-order valence-electron chi connectivity index (χ2n) is 11.5. The van der Waals surface area contributed by atoms with Crippen molar-refractivity contribution in [1.29, 1.82) is 0 Å². The maximum Gasteiger partial charge on any atom is 0.193 e. The molecule has 0 spiro atoms. The lowest BCUT2D eigenvalue weighted by molar-refractivity contribution is -0.120. The van der Waals surface area contributed by atoms with Crippen LogP contribution >= 0.6 is 0 Å². The molecule has 0 saturated heterocycles. The first-order valence-corrected chi connectivity index (χ1v) is 16.8. The van der Waals surface area contributed by atoms with E-state index in [1.165, 1.54) is 0 Å². The molecule has 1 heterocycles. The van der Waals surface area contributed by atoms with Crippen molar-refractivity contribution < 1.29 is 18.1 Å². The predicted octanol–water partition coefficient (Wildman–Crippen LogP) is 7.75. The molecule has 0 aliphatic carbocycles. The Labute approximate surface area is 186 Å². The van der Waals surface area contributed by atoms with E-state index in [1.54, 1.807) is 12.3 Å². The quantitative estimate of drug-likeness (QED) is 0.299. The monoisotopic (exact) mass is 452 g/mol. The molecule has 2 atom stereocenters. The minimum atomic E-state index is -1.99. The van der Waals surface area contributed by atoms with E-state index in [4.69, 9.17) is 13.3 Å². The number of carbonyl (C=O) groups excluding carboxylic acids is 1. The molecule has 0 aliphatic rings. The third-order valence-electron chi connectivity index (χ3n) is 6.79. The highest BCUT2D eigenvalue weighted by molar-refractivity contribution is 6.74. The van der Waals surface area contributed by atoms with E-state index in [-0.39, 0.29) is 22.0 Å². The van der Waals surface area contributed by atoms with E-state index < -0.39 is 22.7 Å². The molecule has 0 N–H and O–H groups in total. The standard InChI is InChI=1S/C24H44O4Si2/c1-17(14-21(25)18(2)27-29(10,11)23(4,5)6)20-15-22(26-16-20)19(3)28-30(12,13)24(7,8)9/h14-16,18-19H,1-13H3/b17-14+. The average molecular weight is 453 g/mol. The minimum absolute atomic E-state index is 0.00866. The molecule has 0 aromatic carbocycles. The zero-order chi connectivity index (χ0) is 23.7. The molecule has 0 fully saturated rings. The third-order valence-corrected chi connectivity index (χ3v) is 15.9. The molecule has 0 saturated carbocycles. The van der Waals surface area contributed by atoms with Crippen molar-refractivity contribution in [2.75, 3.05) is 0 Å². The lowest BCUT2D eigenvalue weighted by atomic mass is 10.1. The smallest absolute Gasteiger partial charge is 0.193 e. The number of furan rings is 1. The molecule has 172 valence electrons. The number of hydrogen-bond acceptors (Lipinski definition) is 4. The van der Waals surface area contributed by atoms with Gasteiger partial charge in [0.05, 0.1) is 6.26 Å². The van der Waals surface area contributed by atoms with E-state index in [2.05, 4.69) is 67.7 Å². The molecule has 0 bridgehead atoms. The van der Waals surface area contributed by atoms with Crippen molar-refractivity contribution in [2.45, 2.75) is 111 Å². The van der Waals surface area contributed by atoms with Crippen LogP contribution in [0.2, 0.25) is 36.3 Å². The minimum Gasteiger partial charge on any atom is -0.466 e. The average Bonchev–Trinajstić information content (AvgIpc) is 3.01. The Morgan fingerprint density at radius 1 is 0.967 bits per heavy atom. The van der Waals surface area contributed by atoms with Crippen molar-refractivity contribution in [3.05, 3.63) is 29.7 Å². The summed E-state index contributed by atoms with van der Waals surface area (Å²) < 4.78 is 18.5. The van der Waals surface area contributed by atoms with Crippen LogP contribution in [-0.2, 0) is 13.6 Å². The highest BCUT2D eigenvalue weighted by atomic mass is 28.4. The van der Waals surface area contributed by atoms with E-state index in [0.717, 1.165) is 16.9 Å². The number of ketones is 1. The van der Waals surface area contributed by atoms with Gasteiger partial charge in [0.25, 0.3) is 0 Å². The van der Waals surface area contributed by atoms with Gasteiger partial charge in [0.1, 0.15) is 18.0 Å². The number of hydrogen-bond donors (Lipinski definition) is 0. The molecular formula is C24H44O4Si2. The van der Waals surface area contributed by atoms with Gasteiger partial charge in [0.2, 0.25) is 0 Å². The van der Waals surface area contributed by atoms with E-state index >= 15 is 0 Å². The zero-order valence-electron chi connectivity index (χ0n) is 21.5. The Morgan fingerprint density at radius 3 is 1.90 bits per heavy atom. The van der Waals surface area contributed by atoms with E-state index in [1.807, 2.05) is 26.8 Å². The molecule has 6 heteroatoms. The first kappa shape index (κ1) is 27.1. The van der Waals surface area contributed by atoms with Crippen LogP contribution < -0.4 is 0 Å². The summed E-state index contributed by atoms with van der Waals surface area (Å²) >= 11 is 0. The maximum absolute atomic E-state index is 12.7. The van der Waals surface area contributed by atoms with Gasteiger partial charge >= 0.3 is 0 Å². The summed E-state index contributed by atoms with van der Waals surface area (Å²) in [7, 11) is -3.88. The molecule has 1 aromatic heterocycles. The van der Waals surface area contributed by atoms with Gasteiger partial charge in [-0.3, -0.25) is 4.79 Å². The van der Waals surface area contributed by atoms with E-state index in [0.29, 0.717) is 0 Å². The van der Waals surface area contributed by atoms with Crippen LogP contribution in [0.3, 0.4) is 0 Å². The fourth-order valence-corrected chi connectivity index (χ4v) is 5.25. The number of allylic oxidation sites excluding steroid dienone is 1. The van der Waals surface area contributed by atoms with Gasteiger partial charge in [0, 0.05) is 5.56 Å². The van der Waals surface area contributed by atoms with Crippen molar-refractivity contribution in [3.8, 4) is 0 Å². The highest BCUT2D eigenvalue weighted by Gasteiger charge is 2.40. The molecule has 1 rings (SSSR count). The molecule has 0 amide bonds. The third kappa shape index (κ3) is 6.77. The lowest BCUT2D eigenvalue weighted by Crippen LogP contribution is -2.44. The number of carbonyl (C=O) groups is 1. The first-order chi connectivity index (χ1) is 13.3. The highest BCUT2D eigenvalue weighted by Crippen LogP contribution is 2.40. The van der Waals surface area contributed by atoms with Gasteiger partial charge in [-0.25, -0.2) is 0 Å². The van der Waals surface area contributed by atoms with Crippen molar-refractivity contribution in [1.82, 2.24) is 0 Å². The lowest BCUT2D eigenvalue weighted by Gasteiger charge is -2.38. The normalized spacial score (nSPS) is 16.5. The fraction of sp³-hybridized carbons (Fsp3) is 0.708. The van der Waals surface area contributed by atoms with Crippen LogP contribution in [-0.4, -0.2) is 28.5 Å². The van der Waals surface area contributed by atoms with Gasteiger partial charge in [-0.05, 0) is 74.8 Å². The maximum atomic E-state index is 12.7. The van der Waals surface area contributed by atoms with Crippen LogP contribution in [0.1, 0.15) is 79.7 Å². The fourth-order valence-electron chi connectivity index (χ4n) is 2.54. The Hall–Kier alpha value is -0.956. The summed E-state index contributed by atoms with van der Waals surface area (Å²) in [5.74, 6) is 0.784. The van der Waals surface area contributed by atoms with Gasteiger partial charge < -0.3 is 13.3 Å². The number of rotatable bonds is 8. The summed E-state index contributed by atoms with van der Waals surface area (Å²) in [4.78, 5) is 12.7. The Balaban J connectivity index is 2.91. The largest absolute Gasteiger partial charge is 0.466 e. The van der Waals surface area contributed by atoms with Crippen LogP contribution in [0.4, 0.5) is 0 Å². The Morgan fingerprint density at radius 2 is 1.43 bits per heavy atom. The van der Waals surface area contributed by atoms with Crippen molar-refractivity contribution >= 4 is 28.0 Å². The molecule has 2 unspecified atom stereocenters. The second-order valence-corrected chi connectivity index (χ2v) is 21.0. The molecule has 30 heavy (non-hydrogen) atoms. The van der Waals surface area contributed by atoms with Crippen molar-refractivity contribution in [2.24, 2.45) is 0 Å². The van der Waals surface area contributed by atoms with Crippen molar-refractivity contribution in [3.63, 3.8) is 0 Å². The predicted molar refractivity (Wildman–Crippen MR) is 132 cm³/mol. The SMILES string of the molecule is C/C(=C\C(=O)C(C)O[Si](C)(C)C(C)(C)C)c1coc(C(C)O[Si](C)(C)C(C)(C)C)c1. The summed E-state index contributed by atoms with van der Waals surface area (Å²) in [6, 6.07) is 1.98. The summed E-state index contributed by atoms with van der Waals surface area (Å²) in [6.07, 6.45) is 2.81. The zero-order valence-corrected chi connectivity index (χ0v) is 23.5. The van der Waals surface area contributed by atoms with Crippen LogP contribution in [0.25, 0.3) is 5.57 Å². The van der Waals surface area contributed by atoms with Gasteiger partial charge in [0.15, 0.2) is 22.4 Å². The van der Waals surface area contributed by atoms with Gasteiger partial charge in [-0.15, -0.1) is 0 Å². The topological polar surface area (TPSA) is 48.7 Å². The Bertz CT molecular complexity index is 761. The second kappa shape index (κ2) is 9.27. The summed E-state index contributed by atoms with van der Waals surface area (Å²) in [5.41, 5.74) is 1.78. The van der Waals surface area contributed by atoms with Crippen LogP contribution in [0.5, 0.6) is 0 Å². The Kier molecular flexibility index (Phi) is 8.36. The van der Waals surface area contributed by atoms with Crippen LogP contribution in [0, 0.1) is 0 Å². The molecule has 4 nitrogen and oxygen atoms in total. The molecular weight excluding hydrogens is 408 g/mol. The van der Waals surface area contributed by atoms with Gasteiger partial charge in [-0.1, -0.05) is 41.5 Å². The van der Waals surface area contributed by atoms with Gasteiger partial charge in [-0.2, -0.15) is 0 Å². The molecule has 0 radical (unpaired) electrons. The first-order valence-electron chi connectivity index (χ1n) is 10.9. The molecule has 1 aromatic rings. The van der Waals surface area contributed by atoms with E-state index in [9.17, 15) is 4.79 Å². The summed E-state index contributed by atoms with van der Waals surface area (Å²) in [5, 5.41) is 0.208. The molecule has 0 aliphatic heterocycles.